The molecule has 1 saturated heterocycles. The first-order valence-electron chi connectivity index (χ1n) is 13.8. The van der Waals surface area contributed by atoms with Gasteiger partial charge in [-0.1, -0.05) is 36.1 Å². The third-order valence-corrected chi connectivity index (χ3v) is 8.31. The highest BCUT2D eigenvalue weighted by Gasteiger charge is 2.48. The number of rotatable bonds is 8. The number of aliphatic hydroxyl groups is 1. The second-order valence-electron chi connectivity index (χ2n) is 10.3. The molecule has 1 N–H and O–H groups in total. The zero-order chi connectivity index (χ0) is 29.5. The van der Waals surface area contributed by atoms with Gasteiger partial charge in [0.2, 0.25) is 0 Å². The Labute approximate surface area is 247 Å². The van der Waals surface area contributed by atoms with E-state index in [0.29, 0.717) is 40.8 Å². The van der Waals surface area contributed by atoms with Crippen LogP contribution in [0.15, 0.2) is 72.8 Å². The van der Waals surface area contributed by atoms with Gasteiger partial charge in [-0.25, -0.2) is 4.98 Å². The Morgan fingerprint density at radius 2 is 1.98 bits per heavy atom. The quantitative estimate of drug-likeness (QED) is 0.109. The number of amides is 1. The molecule has 2 atom stereocenters. The van der Waals surface area contributed by atoms with E-state index in [-0.39, 0.29) is 24.0 Å². The van der Waals surface area contributed by atoms with Crippen molar-refractivity contribution in [3.8, 4) is 17.2 Å². The van der Waals surface area contributed by atoms with E-state index < -0.39 is 17.7 Å². The molecule has 0 bridgehead atoms. The monoisotopic (exact) mass is 582 g/mol. The second kappa shape index (κ2) is 11.0. The van der Waals surface area contributed by atoms with E-state index >= 15 is 0 Å². The molecule has 1 aromatic heterocycles. The molecule has 2 aliphatic rings. The maximum Gasteiger partial charge on any atom is 0.301 e. The number of nitrogens with zero attached hydrogens (tertiary/aromatic N) is 2. The van der Waals surface area contributed by atoms with E-state index in [1.54, 1.807) is 36.4 Å². The second-order valence-corrected chi connectivity index (χ2v) is 11.3. The summed E-state index contributed by atoms with van der Waals surface area (Å²) in [5, 5.41) is 12.0. The third-order valence-electron chi connectivity index (χ3n) is 7.29. The van der Waals surface area contributed by atoms with Crippen molar-refractivity contribution in [1.82, 2.24) is 4.98 Å². The van der Waals surface area contributed by atoms with E-state index in [2.05, 4.69) is 6.58 Å². The summed E-state index contributed by atoms with van der Waals surface area (Å²) in [6.45, 7) is 10.2. The lowest BCUT2D eigenvalue weighted by Gasteiger charge is -2.24. The van der Waals surface area contributed by atoms with Crippen LogP contribution in [-0.4, -0.2) is 41.1 Å². The van der Waals surface area contributed by atoms with Crippen molar-refractivity contribution in [2.45, 2.75) is 39.3 Å². The number of aryl methyl sites for hydroxylation is 1. The minimum Gasteiger partial charge on any atom is -0.507 e. The molecule has 4 aromatic rings. The van der Waals surface area contributed by atoms with Crippen LogP contribution in [0.2, 0.25) is 0 Å². The average Bonchev–Trinajstić information content (AvgIpc) is 3.63. The van der Waals surface area contributed by atoms with Crippen molar-refractivity contribution in [3.05, 3.63) is 95.1 Å². The molecule has 42 heavy (non-hydrogen) atoms. The largest absolute Gasteiger partial charge is 0.507 e. The smallest absolute Gasteiger partial charge is 0.301 e. The molecular formula is C33H30N2O6S. The predicted molar refractivity (Wildman–Crippen MR) is 163 cm³/mol. The number of Topliss-reactive ketones (excluding diaryl/α,β-unsaturated/α-hetero) is 1. The van der Waals surface area contributed by atoms with Crippen LogP contribution in [0.4, 0.5) is 5.13 Å². The minimum absolute atomic E-state index is 0.0180. The zero-order valence-electron chi connectivity index (χ0n) is 23.5. The maximum absolute atomic E-state index is 13.7. The summed E-state index contributed by atoms with van der Waals surface area (Å²) in [6, 6.07) is 15.4. The van der Waals surface area contributed by atoms with Gasteiger partial charge in [-0.05, 0) is 79.9 Å². The predicted octanol–water partition coefficient (Wildman–Crippen LogP) is 6.52. The van der Waals surface area contributed by atoms with Crippen LogP contribution in [0.25, 0.3) is 16.0 Å². The lowest BCUT2D eigenvalue weighted by atomic mass is 9.94. The van der Waals surface area contributed by atoms with Crippen molar-refractivity contribution in [2.75, 3.05) is 18.1 Å². The Morgan fingerprint density at radius 1 is 1.14 bits per heavy atom. The number of thiazole rings is 1. The van der Waals surface area contributed by atoms with Crippen LogP contribution < -0.4 is 19.1 Å². The summed E-state index contributed by atoms with van der Waals surface area (Å²) >= 11 is 1.32. The van der Waals surface area contributed by atoms with E-state index in [0.717, 1.165) is 27.1 Å². The Bertz CT molecular complexity index is 1770. The van der Waals surface area contributed by atoms with Crippen molar-refractivity contribution in [3.63, 3.8) is 0 Å². The molecule has 8 nitrogen and oxygen atoms in total. The number of benzene rings is 3. The SMILES string of the molecule is C=CCOc1ccc([C@H]2C(=C(O)c3ccc4c(c3)C[C@@H](C)O4)C(=O)C(=O)N2c2nc3ccc(C)cc3s2)cc1OCC. The van der Waals surface area contributed by atoms with Crippen LogP contribution in [0.3, 0.4) is 0 Å². The lowest BCUT2D eigenvalue weighted by Crippen LogP contribution is -2.29. The van der Waals surface area contributed by atoms with Gasteiger partial charge >= 0.3 is 5.91 Å². The van der Waals surface area contributed by atoms with Crippen molar-refractivity contribution in [2.24, 2.45) is 0 Å². The first-order chi connectivity index (χ1) is 20.3. The third kappa shape index (κ3) is 4.79. The zero-order valence-corrected chi connectivity index (χ0v) is 24.4. The molecule has 9 heteroatoms. The summed E-state index contributed by atoms with van der Waals surface area (Å²) in [4.78, 5) is 33.6. The highest BCUT2D eigenvalue weighted by Crippen LogP contribution is 2.46. The van der Waals surface area contributed by atoms with Gasteiger partial charge in [0.05, 0.1) is 28.4 Å². The fourth-order valence-corrected chi connectivity index (χ4v) is 6.51. The minimum atomic E-state index is -0.956. The van der Waals surface area contributed by atoms with Crippen LogP contribution in [0.5, 0.6) is 17.2 Å². The summed E-state index contributed by atoms with van der Waals surface area (Å²) in [7, 11) is 0. The molecule has 0 unspecified atom stereocenters. The number of carbonyl (C=O) groups excluding carboxylic acids is 2. The van der Waals surface area contributed by atoms with E-state index in [9.17, 15) is 14.7 Å². The number of anilines is 1. The molecular weight excluding hydrogens is 552 g/mol. The molecule has 1 fully saturated rings. The van der Waals surface area contributed by atoms with Gasteiger partial charge in [0.25, 0.3) is 5.78 Å². The maximum atomic E-state index is 13.7. The van der Waals surface area contributed by atoms with E-state index in [1.807, 2.05) is 45.0 Å². The number of fused-ring (bicyclic) bond motifs is 2. The molecule has 2 aliphatic heterocycles. The molecule has 1 amide bonds. The van der Waals surface area contributed by atoms with Crippen LogP contribution >= 0.6 is 11.3 Å². The summed E-state index contributed by atoms with van der Waals surface area (Å²) < 4.78 is 18.4. The number of aliphatic hydroxyl groups excluding tert-OH is 1. The fraction of sp³-hybridized carbons (Fsp3) is 0.242. The number of ether oxygens (including phenoxy) is 3. The van der Waals surface area contributed by atoms with Gasteiger partial charge in [0.1, 0.15) is 24.2 Å². The molecule has 3 aromatic carbocycles. The standard InChI is InChI=1S/C33H30N2O6S/c1-5-13-40-25-12-8-20(17-26(25)39-6-2)29-28(30(36)21-9-11-24-22(16-21)15-19(4)41-24)31(37)32(38)35(29)33-34-23-10-7-18(3)14-27(23)42-33/h5,7-12,14,16-17,19,29,36H,1,6,13,15H2,2-4H3/t19-,29+/m1/s1. The van der Waals surface area contributed by atoms with Crippen LogP contribution in [0.1, 0.15) is 42.1 Å². The van der Waals surface area contributed by atoms with Gasteiger partial charge in [-0.2, -0.15) is 0 Å². The number of hydrogen-bond acceptors (Lipinski definition) is 8. The van der Waals surface area contributed by atoms with Gasteiger partial charge in [-0.3, -0.25) is 14.5 Å². The van der Waals surface area contributed by atoms with Crippen molar-refractivity contribution in [1.29, 1.82) is 0 Å². The fourth-order valence-electron chi connectivity index (χ4n) is 5.42. The van der Waals surface area contributed by atoms with Crippen LogP contribution in [-0.2, 0) is 16.0 Å². The molecule has 0 spiro atoms. The van der Waals surface area contributed by atoms with Gasteiger partial charge in [0, 0.05) is 12.0 Å². The van der Waals surface area contributed by atoms with Crippen LogP contribution in [0, 0.1) is 6.92 Å². The number of ketones is 1. The molecule has 6 rings (SSSR count). The van der Waals surface area contributed by atoms with Crippen molar-refractivity contribution < 1.29 is 28.9 Å². The first kappa shape index (κ1) is 27.5. The Morgan fingerprint density at radius 3 is 2.76 bits per heavy atom. The molecule has 0 saturated carbocycles. The number of hydrogen-bond donors (Lipinski definition) is 1. The normalized spacial score (nSPS) is 19.2. The average molecular weight is 583 g/mol. The summed E-state index contributed by atoms with van der Waals surface area (Å²) in [5.74, 6) is -0.113. The Hall–Kier alpha value is -4.63. The number of carbonyl (C=O) groups is 2. The number of aromatic nitrogens is 1. The molecule has 0 radical (unpaired) electrons. The van der Waals surface area contributed by atoms with Gasteiger partial charge < -0.3 is 19.3 Å². The Kier molecular flexibility index (Phi) is 7.20. The van der Waals surface area contributed by atoms with E-state index in [4.69, 9.17) is 19.2 Å². The van der Waals surface area contributed by atoms with Gasteiger partial charge in [-0.15, -0.1) is 0 Å². The molecule has 0 aliphatic carbocycles. The lowest BCUT2D eigenvalue weighted by molar-refractivity contribution is -0.132. The van der Waals surface area contributed by atoms with E-state index in [1.165, 1.54) is 16.2 Å². The van der Waals surface area contributed by atoms with Crippen molar-refractivity contribution >= 4 is 44.1 Å². The van der Waals surface area contributed by atoms with Gasteiger partial charge in [0.15, 0.2) is 16.6 Å². The molecule has 214 valence electrons. The summed E-state index contributed by atoms with van der Waals surface area (Å²) in [6.07, 6.45) is 2.34. The highest BCUT2D eigenvalue weighted by atomic mass is 32.1. The topological polar surface area (TPSA) is 98.2 Å². The highest BCUT2D eigenvalue weighted by molar-refractivity contribution is 7.22. The first-order valence-corrected chi connectivity index (χ1v) is 14.6. The Balaban J connectivity index is 1.54. The molecule has 3 heterocycles. The summed E-state index contributed by atoms with van der Waals surface area (Å²) in [5.41, 5.74) is 3.69.